The number of piperidine rings is 1. The van der Waals surface area contributed by atoms with Crippen LogP contribution in [-0.4, -0.2) is 52.9 Å². The molecule has 0 radical (unpaired) electrons. The monoisotopic (exact) mass is 366 g/mol. The molecule has 1 aromatic rings. The summed E-state index contributed by atoms with van der Waals surface area (Å²) in [7, 11) is 0. The number of halogens is 2. The van der Waals surface area contributed by atoms with Crippen LogP contribution in [0, 0.1) is 0 Å². The fraction of sp³-hybridized carbons (Fsp3) is 0.579. The fourth-order valence-corrected chi connectivity index (χ4v) is 4.10. The van der Waals surface area contributed by atoms with Gasteiger partial charge in [0.1, 0.15) is 11.3 Å². The van der Waals surface area contributed by atoms with Crippen LogP contribution in [0.4, 0.5) is 8.78 Å². The van der Waals surface area contributed by atoms with Crippen LogP contribution < -0.4 is 4.74 Å². The van der Waals surface area contributed by atoms with Crippen molar-refractivity contribution in [1.82, 2.24) is 9.80 Å². The molecule has 2 fully saturated rings. The van der Waals surface area contributed by atoms with E-state index in [2.05, 4.69) is 4.74 Å². The molecule has 2 aliphatic heterocycles. The lowest BCUT2D eigenvalue weighted by atomic mass is 9.84. The number of benzene rings is 1. The van der Waals surface area contributed by atoms with Crippen molar-refractivity contribution in [2.75, 3.05) is 13.1 Å². The molecular formula is C19H24F2N2O3. The second-order valence-corrected chi connectivity index (χ2v) is 7.19. The number of alkyl halides is 2. The first-order chi connectivity index (χ1) is 12.3. The molecule has 7 heteroatoms. The third kappa shape index (κ3) is 3.27. The third-order valence-corrected chi connectivity index (χ3v) is 5.33. The maximum absolute atomic E-state index is 13.1. The molecule has 5 nitrogen and oxygen atoms in total. The van der Waals surface area contributed by atoms with Crippen molar-refractivity contribution in [3.05, 3.63) is 29.8 Å². The summed E-state index contributed by atoms with van der Waals surface area (Å²) in [4.78, 5) is 29.7. The topological polar surface area (TPSA) is 49.9 Å². The molecule has 2 saturated heterocycles. The van der Waals surface area contributed by atoms with Crippen molar-refractivity contribution in [2.24, 2.45) is 0 Å². The van der Waals surface area contributed by atoms with Gasteiger partial charge in [-0.25, -0.2) is 0 Å². The molecule has 26 heavy (non-hydrogen) atoms. The summed E-state index contributed by atoms with van der Waals surface area (Å²) >= 11 is 0. The Bertz CT molecular complexity index is 678. The molecule has 1 spiro atoms. The number of hydrogen-bond donors (Lipinski definition) is 0. The number of nitrogens with zero attached hydrogens (tertiary/aromatic N) is 2. The second kappa shape index (κ2) is 7.21. The van der Waals surface area contributed by atoms with Gasteiger partial charge in [-0.3, -0.25) is 9.59 Å². The highest BCUT2D eigenvalue weighted by Crippen LogP contribution is 2.39. The average Bonchev–Trinajstić information content (AvgIpc) is 3.01. The molecule has 1 atom stereocenters. The van der Waals surface area contributed by atoms with E-state index in [1.54, 1.807) is 4.90 Å². The van der Waals surface area contributed by atoms with Gasteiger partial charge in [-0.1, -0.05) is 0 Å². The maximum Gasteiger partial charge on any atom is 0.387 e. The van der Waals surface area contributed by atoms with E-state index in [1.165, 1.54) is 24.3 Å². The summed E-state index contributed by atoms with van der Waals surface area (Å²) < 4.78 is 28.9. The summed E-state index contributed by atoms with van der Waals surface area (Å²) in [6.07, 6.45) is 3.01. The van der Waals surface area contributed by atoms with Crippen molar-refractivity contribution in [2.45, 2.75) is 57.7 Å². The highest BCUT2D eigenvalue weighted by atomic mass is 19.3. The van der Waals surface area contributed by atoms with Crippen LogP contribution in [0.3, 0.4) is 0 Å². The summed E-state index contributed by atoms with van der Waals surface area (Å²) in [5.41, 5.74) is -0.389. The molecule has 0 N–H and O–H groups in total. The predicted octanol–water partition coefficient (Wildman–Crippen LogP) is 3.29. The Hall–Kier alpha value is -2.18. The van der Waals surface area contributed by atoms with Crippen LogP contribution in [-0.2, 0) is 4.79 Å². The van der Waals surface area contributed by atoms with Gasteiger partial charge in [-0.05, 0) is 63.8 Å². The minimum Gasteiger partial charge on any atom is -0.435 e. The number of ether oxygens (including phenoxy) is 1. The average molecular weight is 366 g/mol. The molecule has 0 bridgehead atoms. The van der Waals surface area contributed by atoms with Gasteiger partial charge in [-0.15, -0.1) is 0 Å². The Balaban J connectivity index is 1.83. The van der Waals surface area contributed by atoms with Crippen molar-refractivity contribution in [1.29, 1.82) is 0 Å². The molecule has 1 aromatic carbocycles. The number of carbonyl (C=O) groups is 2. The van der Waals surface area contributed by atoms with E-state index in [4.69, 9.17) is 0 Å². The van der Waals surface area contributed by atoms with Crippen molar-refractivity contribution in [3.63, 3.8) is 0 Å². The molecule has 3 rings (SSSR count). The SMILES string of the molecule is CC(C)N1CCCC2(CCCN2C(=O)c2ccc(OC(F)F)cc2)C1=O. The Morgan fingerprint density at radius 2 is 1.73 bits per heavy atom. The number of hydrogen-bond acceptors (Lipinski definition) is 3. The zero-order valence-corrected chi connectivity index (χ0v) is 15.1. The van der Waals surface area contributed by atoms with Gasteiger partial charge < -0.3 is 14.5 Å². The molecule has 2 amide bonds. The van der Waals surface area contributed by atoms with Crippen LogP contribution in [0.2, 0.25) is 0 Å². The molecule has 0 aromatic heterocycles. The first kappa shape index (κ1) is 18.6. The smallest absolute Gasteiger partial charge is 0.387 e. The number of rotatable bonds is 4. The van der Waals surface area contributed by atoms with Gasteiger partial charge in [0.15, 0.2) is 0 Å². The van der Waals surface area contributed by atoms with E-state index in [9.17, 15) is 18.4 Å². The predicted molar refractivity (Wildman–Crippen MR) is 92.2 cm³/mol. The number of likely N-dealkylation sites (tertiary alicyclic amines) is 2. The molecule has 1 unspecified atom stereocenters. The van der Waals surface area contributed by atoms with Gasteiger partial charge >= 0.3 is 6.61 Å². The van der Waals surface area contributed by atoms with Gasteiger partial charge in [0, 0.05) is 24.7 Å². The van der Waals surface area contributed by atoms with Gasteiger partial charge in [0.2, 0.25) is 5.91 Å². The molecule has 0 saturated carbocycles. The Kier molecular flexibility index (Phi) is 5.16. The van der Waals surface area contributed by atoms with Crippen molar-refractivity contribution < 1.29 is 23.1 Å². The van der Waals surface area contributed by atoms with E-state index in [-0.39, 0.29) is 23.6 Å². The zero-order chi connectivity index (χ0) is 18.9. The lowest BCUT2D eigenvalue weighted by Crippen LogP contribution is -2.62. The fourth-order valence-electron chi connectivity index (χ4n) is 4.10. The van der Waals surface area contributed by atoms with Crippen LogP contribution in [0.1, 0.15) is 49.9 Å². The summed E-state index contributed by atoms with van der Waals surface area (Å²) in [6, 6.07) is 5.75. The van der Waals surface area contributed by atoms with E-state index >= 15 is 0 Å². The van der Waals surface area contributed by atoms with Gasteiger partial charge in [0.05, 0.1) is 0 Å². The quantitative estimate of drug-likeness (QED) is 0.822. The van der Waals surface area contributed by atoms with Crippen molar-refractivity contribution >= 4 is 11.8 Å². The largest absolute Gasteiger partial charge is 0.435 e. The molecular weight excluding hydrogens is 342 g/mol. The van der Waals surface area contributed by atoms with E-state index in [1.807, 2.05) is 18.7 Å². The van der Waals surface area contributed by atoms with E-state index in [0.29, 0.717) is 24.9 Å². The minimum absolute atomic E-state index is 0.00686. The number of amides is 2. The lowest BCUT2D eigenvalue weighted by Gasteiger charge is -2.46. The molecule has 2 heterocycles. The van der Waals surface area contributed by atoms with E-state index < -0.39 is 12.2 Å². The highest BCUT2D eigenvalue weighted by molar-refractivity contribution is 6.00. The summed E-state index contributed by atoms with van der Waals surface area (Å²) in [5, 5.41) is 0. The standard InChI is InChI=1S/C19H24F2N2O3/c1-13(2)22-11-3-9-19(17(22)25)10-4-12-23(19)16(24)14-5-7-15(8-6-14)26-18(20)21/h5-8,13,18H,3-4,9-12H2,1-2H3. The Labute approximate surface area is 151 Å². The highest BCUT2D eigenvalue weighted by Gasteiger charge is 2.53. The second-order valence-electron chi connectivity index (χ2n) is 7.19. The molecule has 142 valence electrons. The van der Waals surface area contributed by atoms with Gasteiger partial charge in [0.25, 0.3) is 5.91 Å². The molecule has 0 aliphatic carbocycles. The lowest BCUT2D eigenvalue weighted by molar-refractivity contribution is -0.147. The van der Waals surface area contributed by atoms with E-state index in [0.717, 1.165) is 19.4 Å². The van der Waals surface area contributed by atoms with Crippen LogP contribution in [0.25, 0.3) is 0 Å². The zero-order valence-electron chi connectivity index (χ0n) is 15.1. The maximum atomic E-state index is 13.1. The Morgan fingerprint density at radius 1 is 1.12 bits per heavy atom. The van der Waals surface area contributed by atoms with Crippen LogP contribution in [0.15, 0.2) is 24.3 Å². The van der Waals surface area contributed by atoms with Crippen molar-refractivity contribution in [3.8, 4) is 5.75 Å². The number of carbonyl (C=O) groups excluding carboxylic acids is 2. The van der Waals surface area contributed by atoms with Crippen LogP contribution >= 0.6 is 0 Å². The first-order valence-corrected chi connectivity index (χ1v) is 9.03. The molecule has 2 aliphatic rings. The third-order valence-electron chi connectivity index (χ3n) is 5.33. The summed E-state index contributed by atoms with van der Waals surface area (Å²) in [6.45, 7) is 2.32. The van der Waals surface area contributed by atoms with Gasteiger partial charge in [-0.2, -0.15) is 8.78 Å². The summed E-state index contributed by atoms with van der Waals surface area (Å²) in [5.74, 6) is -0.195. The van der Waals surface area contributed by atoms with Crippen LogP contribution in [0.5, 0.6) is 5.75 Å². The normalized spacial score (nSPS) is 23.4. The first-order valence-electron chi connectivity index (χ1n) is 9.03. The minimum atomic E-state index is -2.90. The Morgan fingerprint density at radius 3 is 2.31 bits per heavy atom.